The molecule has 2 aliphatic rings. The summed E-state index contributed by atoms with van der Waals surface area (Å²) in [7, 11) is 0. The Labute approximate surface area is 129 Å². The van der Waals surface area contributed by atoms with Crippen LogP contribution in [0.5, 0.6) is 0 Å². The smallest absolute Gasteiger partial charge is 0.228 e. The first-order valence-corrected chi connectivity index (χ1v) is 8.59. The maximum absolute atomic E-state index is 12.3. The van der Waals surface area contributed by atoms with Gasteiger partial charge in [-0.3, -0.25) is 9.69 Å². The average Bonchev–Trinajstić information content (AvgIpc) is 2.44. The third-order valence-electron chi connectivity index (χ3n) is 3.98. The Morgan fingerprint density at radius 2 is 1.95 bits per heavy atom. The molecule has 0 aliphatic carbocycles. The normalized spacial score (nSPS) is 20.8. The summed E-state index contributed by atoms with van der Waals surface area (Å²) in [5.74, 6) is 2.71. The van der Waals surface area contributed by atoms with E-state index < -0.39 is 0 Å². The van der Waals surface area contributed by atoms with Gasteiger partial charge in [-0.1, -0.05) is 29.8 Å². The highest BCUT2D eigenvalue weighted by molar-refractivity contribution is 7.99. The molecular weight excluding hydrogens is 292 g/mol. The molecule has 1 amide bonds. The molecule has 0 spiro atoms. The van der Waals surface area contributed by atoms with Gasteiger partial charge in [0.2, 0.25) is 5.91 Å². The minimum atomic E-state index is 0.195. The molecule has 0 radical (unpaired) electrons. The molecule has 0 aromatic heterocycles. The summed E-state index contributed by atoms with van der Waals surface area (Å²) in [6, 6.07) is 7.93. The lowest BCUT2D eigenvalue weighted by atomic mass is 9.97. The van der Waals surface area contributed by atoms with Gasteiger partial charge in [-0.15, -0.1) is 0 Å². The lowest BCUT2D eigenvalue weighted by Crippen LogP contribution is -2.55. The molecule has 0 atom stereocenters. The number of carbonyl (C=O) groups excluding carboxylic acids is 1. The molecule has 20 heavy (non-hydrogen) atoms. The highest BCUT2D eigenvalue weighted by Crippen LogP contribution is 2.24. The van der Waals surface area contributed by atoms with Crippen LogP contribution in [-0.2, 0) is 11.3 Å². The van der Waals surface area contributed by atoms with Gasteiger partial charge in [-0.05, 0) is 11.6 Å². The topological polar surface area (TPSA) is 23.6 Å². The highest BCUT2D eigenvalue weighted by Gasteiger charge is 2.35. The summed E-state index contributed by atoms with van der Waals surface area (Å²) in [5, 5.41) is 0.815. The molecule has 5 heteroatoms. The number of hydrogen-bond donors (Lipinski definition) is 0. The lowest BCUT2D eigenvalue weighted by Gasteiger charge is -2.41. The van der Waals surface area contributed by atoms with E-state index in [1.165, 1.54) is 0 Å². The summed E-state index contributed by atoms with van der Waals surface area (Å²) in [4.78, 5) is 16.6. The van der Waals surface area contributed by atoms with Crippen LogP contribution in [0.25, 0.3) is 0 Å². The van der Waals surface area contributed by atoms with E-state index in [-0.39, 0.29) is 5.92 Å². The van der Waals surface area contributed by atoms with Gasteiger partial charge in [-0.25, -0.2) is 0 Å². The van der Waals surface area contributed by atoms with E-state index in [1.807, 2.05) is 34.9 Å². The van der Waals surface area contributed by atoms with Crippen LogP contribution in [0.15, 0.2) is 24.3 Å². The highest BCUT2D eigenvalue weighted by atomic mass is 35.5. The van der Waals surface area contributed by atoms with Crippen molar-refractivity contribution < 1.29 is 4.79 Å². The van der Waals surface area contributed by atoms with Crippen LogP contribution in [0.1, 0.15) is 5.56 Å². The van der Waals surface area contributed by atoms with Crippen molar-refractivity contribution in [3.63, 3.8) is 0 Å². The predicted molar refractivity (Wildman–Crippen MR) is 84.1 cm³/mol. The van der Waals surface area contributed by atoms with Crippen molar-refractivity contribution in [2.45, 2.75) is 6.54 Å². The van der Waals surface area contributed by atoms with Gasteiger partial charge in [-0.2, -0.15) is 11.8 Å². The fourth-order valence-corrected chi connectivity index (χ4v) is 3.86. The molecule has 2 heterocycles. The molecule has 0 unspecified atom stereocenters. The van der Waals surface area contributed by atoms with Gasteiger partial charge in [0.05, 0.1) is 5.92 Å². The Balaban J connectivity index is 1.49. The molecule has 2 aliphatic heterocycles. The first-order chi connectivity index (χ1) is 9.74. The van der Waals surface area contributed by atoms with Crippen LogP contribution in [0.2, 0.25) is 5.02 Å². The van der Waals surface area contributed by atoms with Crippen LogP contribution in [0.4, 0.5) is 0 Å². The zero-order chi connectivity index (χ0) is 13.9. The largest absolute Gasteiger partial charge is 0.341 e. The second-order valence-electron chi connectivity index (χ2n) is 5.42. The number of hydrogen-bond acceptors (Lipinski definition) is 3. The number of halogens is 1. The number of benzene rings is 1. The summed E-state index contributed by atoms with van der Waals surface area (Å²) < 4.78 is 0. The Morgan fingerprint density at radius 1 is 1.25 bits per heavy atom. The Hall–Kier alpha value is -0.710. The van der Waals surface area contributed by atoms with Crippen molar-refractivity contribution in [1.82, 2.24) is 9.80 Å². The van der Waals surface area contributed by atoms with Crippen molar-refractivity contribution in [2.75, 3.05) is 37.7 Å². The van der Waals surface area contributed by atoms with E-state index in [4.69, 9.17) is 11.6 Å². The SMILES string of the molecule is O=C(C1CN(Cc2ccccc2Cl)C1)N1CCSCC1. The molecule has 3 rings (SSSR count). The first-order valence-electron chi connectivity index (χ1n) is 7.06. The number of rotatable bonds is 3. The predicted octanol–water partition coefficient (Wildman–Crippen LogP) is 2.35. The molecular formula is C15H19ClN2OS. The zero-order valence-electron chi connectivity index (χ0n) is 11.4. The molecule has 0 N–H and O–H groups in total. The molecule has 0 bridgehead atoms. The zero-order valence-corrected chi connectivity index (χ0v) is 13.0. The van der Waals surface area contributed by atoms with E-state index in [2.05, 4.69) is 11.0 Å². The molecule has 108 valence electrons. The Kier molecular flexibility index (Phi) is 4.54. The van der Waals surface area contributed by atoms with E-state index in [1.54, 1.807) is 0 Å². The van der Waals surface area contributed by atoms with Crippen LogP contribution in [0.3, 0.4) is 0 Å². The summed E-state index contributed by atoms with van der Waals surface area (Å²) in [6.07, 6.45) is 0. The third kappa shape index (κ3) is 3.13. The number of amides is 1. The van der Waals surface area contributed by atoms with Gasteiger partial charge in [0.25, 0.3) is 0 Å². The maximum Gasteiger partial charge on any atom is 0.228 e. The number of thioether (sulfide) groups is 1. The van der Waals surface area contributed by atoms with Crippen molar-refractivity contribution in [1.29, 1.82) is 0 Å². The van der Waals surface area contributed by atoms with Gasteiger partial charge in [0.1, 0.15) is 0 Å². The minimum absolute atomic E-state index is 0.195. The monoisotopic (exact) mass is 310 g/mol. The van der Waals surface area contributed by atoms with Crippen LogP contribution < -0.4 is 0 Å². The summed E-state index contributed by atoms with van der Waals surface area (Å²) >= 11 is 8.10. The molecule has 1 aromatic carbocycles. The number of likely N-dealkylation sites (tertiary alicyclic amines) is 1. The molecule has 2 saturated heterocycles. The molecule has 0 saturated carbocycles. The van der Waals surface area contributed by atoms with Crippen molar-refractivity contribution in [2.24, 2.45) is 5.92 Å². The van der Waals surface area contributed by atoms with Gasteiger partial charge >= 0.3 is 0 Å². The number of nitrogens with zero attached hydrogens (tertiary/aromatic N) is 2. The minimum Gasteiger partial charge on any atom is -0.341 e. The fourth-order valence-electron chi connectivity index (χ4n) is 2.76. The van der Waals surface area contributed by atoms with Gasteiger partial charge in [0, 0.05) is 49.3 Å². The fraction of sp³-hybridized carbons (Fsp3) is 0.533. The summed E-state index contributed by atoms with van der Waals surface area (Å²) in [5.41, 5.74) is 1.15. The first kappa shape index (κ1) is 14.2. The lowest BCUT2D eigenvalue weighted by molar-refractivity contribution is -0.141. The van der Waals surface area contributed by atoms with Crippen LogP contribution in [0, 0.1) is 5.92 Å². The van der Waals surface area contributed by atoms with E-state index >= 15 is 0 Å². The van der Waals surface area contributed by atoms with Crippen molar-refractivity contribution in [3.8, 4) is 0 Å². The van der Waals surface area contributed by atoms with E-state index in [0.29, 0.717) is 5.91 Å². The van der Waals surface area contributed by atoms with Crippen molar-refractivity contribution in [3.05, 3.63) is 34.9 Å². The standard InChI is InChI=1S/C15H19ClN2OS/c16-14-4-2-1-3-12(14)9-17-10-13(11-17)15(19)18-5-7-20-8-6-18/h1-4,13H,5-11H2. The van der Waals surface area contributed by atoms with E-state index in [9.17, 15) is 4.79 Å². The second-order valence-corrected chi connectivity index (χ2v) is 7.05. The third-order valence-corrected chi connectivity index (χ3v) is 5.29. The molecule has 2 fully saturated rings. The van der Waals surface area contributed by atoms with Crippen LogP contribution >= 0.6 is 23.4 Å². The Morgan fingerprint density at radius 3 is 2.65 bits per heavy atom. The average molecular weight is 311 g/mol. The molecule has 1 aromatic rings. The summed E-state index contributed by atoms with van der Waals surface area (Å²) in [6.45, 7) is 4.43. The number of carbonyl (C=O) groups is 1. The van der Waals surface area contributed by atoms with Gasteiger partial charge in [0.15, 0.2) is 0 Å². The van der Waals surface area contributed by atoms with Crippen molar-refractivity contribution >= 4 is 29.3 Å². The molecule has 3 nitrogen and oxygen atoms in total. The quantitative estimate of drug-likeness (QED) is 0.856. The second kappa shape index (κ2) is 6.37. The maximum atomic E-state index is 12.3. The van der Waals surface area contributed by atoms with E-state index in [0.717, 1.165) is 54.8 Å². The van der Waals surface area contributed by atoms with Crippen LogP contribution in [-0.4, -0.2) is 53.4 Å². The Bertz CT molecular complexity index is 485. The van der Waals surface area contributed by atoms with Gasteiger partial charge < -0.3 is 4.90 Å².